The highest BCUT2D eigenvalue weighted by Crippen LogP contribution is 2.34. The zero-order valence-corrected chi connectivity index (χ0v) is 11.9. The maximum absolute atomic E-state index is 11.5. The monoisotopic (exact) mass is 289 g/mol. The number of alkyl halides is 2. The van der Waals surface area contributed by atoms with Gasteiger partial charge in [-0.1, -0.05) is 44.0 Å². The van der Waals surface area contributed by atoms with E-state index in [1.54, 1.807) is 0 Å². The lowest BCUT2D eigenvalue weighted by Crippen LogP contribution is -2.41. The summed E-state index contributed by atoms with van der Waals surface area (Å²) in [5.41, 5.74) is 10.0. The molecule has 8 heteroatoms. The SMILES string of the molecule is CC(C)C(C)CC(Cl)(Cl)C(=O)NP(N)(N)=O. The van der Waals surface area contributed by atoms with Crippen LogP contribution in [0.2, 0.25) is 0 Å². The van der Waals surface area contributed by atoms with Crippen LogP contribution in [0.15, 0.2) is 0 Å². The van der Waals surface area contributed by atoms with Crippen molar-refractivity contribution in [1.29, 1.82) is 0 Å². The Morgan fingerprint density at radius 1 is 1.38 bits per heavy atom. The molecule has 96 valence electrons. The average Bonchev–Trinajstić information content (AvgIpc) is 1.99. The highest BCUT2D eigenvalue weighted by Gasteiger charge is 2.37. The minimum Gasteiger partial charge on any atom is -0.281 e. The minimum absolute atomic E-state index is 0.135. The lowest BCUT2D eigenvalue weighted by Gasteiger charge is -2.25. The van der Waals surface area contributed by atoms with Crippen molar-refractivity contribution in [1.82, 2.24) is 5.09 Å². The van der Waals surface area contributed by atoms with E-state index >= 15 is 0 Å². The maximum atomic E-state index is 11.5. The largest absolute Gasteiger partial charge is 0.300 e. The van der Waals surface area contributed by atoms with Gasteiger partial charge in [0.25, 0.3) is 13.5 Å². The minimum atomic E-state index is -3.65. The van der Waals surface area contributed by atoms with Gasteiger partial charge in [-0.15, -0.1) is 0 Å². The van der Waals surface area contributed by atoms with Crippen LogP contribution in [0.25, 0.3) is 0 Å². The number of nitrogens with two attached hydrogens (primary N) is 2. The van der Waals surface area contributed by atoms with Gasteiger partial charge in [0.05, 0.1) is 0 Å². The first-order chi connectivity index (χ1) is 6.96. The zero-order valence-electron chi connectivity index (χ0n) is 9.54. The quantitative estimate of drug-likeness (QED) is 0.532. The molecule has 1 amide bonds. The fourth-order valence-electron chi connectivity index (χ4n) is 0.973. The lowest BCUT2D eigenvalue weighted by molar-refractivity contribution is -0.120. The molecule has 0 aliphatic heterocycles. The summed E-state index contributed by atoms with van der Waals surface area (Å²) < 4.78 is 9.33. The predicted molar refractivity (Wildman–Crippen MR) is 67.2 cm³/mol. The van der Waals surface area contributed by atoms with Crippen LogP contribution in [-0.2, 0) is 9.36 Å². The predicted octanol–water partition coefficient (Wildman–Crippen LogP) is 1.98. The molecule has 0 radical (unpaired) electrons. The smallest absolute Gasteiger partial charge is 0.281 e. The van der Waals surface area contributed by atoms with Crippen molar-refractivity contribution < 1.29 is 9.36 Å². The Balaban J connectivity index is 4.55. The van der Waals surface area contributed by atoms with Crippen LogP contribution in [-0.4, -0.2) is 10.2 Å². The Hall–Kier alpha value is 0.200. The molecule has 0 fully saturated rings. The normalized spacial score (nSPS) is 15.0. The number of hydrogen-bond donors (Lipinski definition) is 3. The summed E-state index contributed by atoms with van der Waals surface area (Å²) in [5, 5.41) is 1.91. The third kappa shape index (κ3) is 6.06. The van der Waals surface area contributed by atoms with Gasteiger partial charge in [0, 0.05) is 0 Å². The number of rotatable bonds is 5. The second kappa shape index (κ2) is 5.69. The topological polar surface area (TPSA) is 98.2 Å². The van der Waals surface area contributed by atoms with Crippen LogP contribution in [0, 0.1) is 11.8 Å². The van der Waals surface area contributed by atoms with Crippen LogP contribution in [0.4, 0.5) is 0 Å². The van der Waals surface area contributed by atoms with E-state index in [2.05, 4.69) is 0 Å². The first-order valence-corrected chi connectivity index (χ1v) is 7.43. The Kier molecular flexibility index (Phi) is 5.77. The third-order valence-electron chi connectivity index (χ3n) is 2.32. The molecule has 0 spiro atoms. The second-order valence-corrected chi connectivity index (χ2v) is 7.41. The number of halogens is 2. The highest BCUT2D eigenvalue weighted by molar-refractivity contribution is 7.57. The molecule has 0 aromatic heterocycles. The van der Waals surface area contributed by atoms with Gasteiger partial charge < -0.3 is 0 Å². The van der Waals surface area contributed by atoms with Crippen LogP contribution < -0.4 is 16.1 Å². The molecule has 0 aliphatic carbocycles. The molecule has 1 atom stereocenters. The number of nitrogens with one attached hydrogen (secondary N) is 1. The summed E-state index contributed by atoms with van der Waals surface area (Å²) in [6, 6.07) is 0. The molecule has 5 nitrogen and oxygen atoms in total. The number of hydrogen-bond acceptors (Lipinski definition) is 2. The summed E-state index contributed by atoms with van der Waals surface area (Å²) in [6.07, 6.45) is 0.236. The van der Waals surface area contributed by atoms with Crippen LogP contribution >= 0.6 is 30.8 Å². The van der Waals surface area contributed by atoms with Crippen molar-refractivity contribution in [3.8, 4) is 0 Å². The average molecular weight is 290 g/mol. The van der Waals surface area contributed by atoms with Crippen molar-refractivity contribution >= 4 is 36.7 Å². The number of carbonyl (C=O) groups excluding carboxylic acids is 1. The van der Waals surface area contributed by atoms with Crippen molar-refractivity contribution in [2.75, 3.05) is 0 Å². The first-order valence-electron chi connectivity index (χ1n) is 4.83. The third-order valence-corrected chi connectivity index (χ3v) is 3.53. The van der Waals surface area contributed by atoms with E-state index < -0.39 is 17.8 Å². The van der Waals surface area contributed by atoms with Crippen molar-refractivity contribution in [3.05, 3.63) is 0 Å². The molecule has 5 N–H and O–H groups in total. The summed E-state index contributed by atoms with van der Waals surface area (Å²) in [7, 11) is -3.65. The molecule has 1 unspecified atom stereocenters. The number of carbonyl (C=O) groups is 1. The molecule has 16 heavy (non-hydrogen) atoms. The molecule has 0 rings (SSSR count). The maximum Gasteiger partial charge on any atom is 0.300 e. The lowest BCUT2D eigenvalue weighted by atomic mass is 9.93. The van der Waals surface area contributed by atoms with E-state index in [1.807, 2.05) is 25.9 Å². The molecular weight excluding hydrogens is 272 g/mol. The Morgan fingerprint density at radius 3 is 2.12 bits per heavy atom. The first kappa shape index (κ1) is 16.2. The molecule has 0 saturated carbocycles. The van der Waals surface area contributed by atoms with Gasteiger partial charge in [0.15, 0.2) is 4.33 Å². The fraction of sp³-hybridized carbons (Fsp3) is 0.875. The molecule has 0 bridgehead atoms. The second-order valence-electron chi connectivity index (χ2n) is 4.28. The van der Waals surface area contributed by atoms with Gasteiger partial charge >= 0.3 is 0 Å². The van der Waals surface area contributed by atoms with Gasteiger partial charge in [0.2, 0.25) is 0 Å². The fourth-order valence-corrected chi connectivity index (χ4v) is 2.19. The zero-order chi connectivity index (χ0) is 13.1. The van der Waals surface area contributed by atoms with E-state index in [9.17, 15) is 9.36 Å². The van der Waals surface area contributed by atoms with E-state index in [0.29, 0.717) is 5.92 Å². The van der Waals surface area contributed by atoms with Crippen LogP contribution in [0.5, 0.6) is 0 Å². The van der Waals surface area contributed by atoms with E-state index in [4.69, 9.17) is 34.2 Å². The van der Waals surface area contributed by atoms with E-state index in [-0.39, 0.29) is 12.3 Å². The summed E-state index contributed by atoms with van der Waals surface area (Å²) >= 11 is 11.7. The molecule has 0 aromatic rings. The van der Waals surface area contributed by atoms with Crippen molar-refractivity contribution in [3.63, 3.8) is 0 Å². The Labute approximate surface area is 106 Å². The summed E-state index contributed by atoms with van der Waals surface area (Å²) in [5.74, 6) is -0.361. The highest BCUT2D eigenvalue weighted by atomic mass is 35.5. The Bertz CT molecular complexity index is 304. The summed E-state index contributed by atoms with van der Waals surface area (Å²) in [6.45, 7) is 5.90. The van der Waals surface area contributed by atoms with E-state index in [0.717, 1.165) is 0 Å². The van der Waals surface area contributed by atoms with Crippen molar-refractivity contribution in [2.45, 2.75) is 31.5 Å². The molecule has 0 aliphatic rings. The summed E-state index contributed by atoms with van der Waals surface area (Å²) in [4.78, 5) is 11.5. The molecular formula is C8H18Cl2N3O2P. The van der Waals surface area contributed by atoms with Gasteiger partial charge in [-0.25, -0.2) is 0 Å². The van der Waals surface area contributed by atoms with Crippen LogP contribution in [0.3, 0.4) is 0 Å². The standard InChI is InChI=1S/C8H18Cl2N3O2P/c1-5(2)6(3)4-8(9,10)7(14)13-16(11,12)15/h5-6H,4H2,1-3H3,(H5,11,12,13,14,15). The number of amides is 1. The molecule has 0 heterocycles. The van der Waals surface area contributed by atoms with E-state index in [1.165, 1.54) is 0 Å². The molecule has 0 saturated heterocycles. The van der Waals surface area contributed by atoms with Gasteiger partial charge in [-0.2, -0.15) is 0 Å². The molecule has 0 aromatic carbocycles. The van der Waals surface area contributed by atoms with Crippen LogP contribution in [0.1, 0.15) is 27.2 Å². The van der Waals surface area contributed by atoms with Gasteiger partial charge in [-0.05, 0) is 18.3 Å². The Morgan fingerprint density at radius 2 is 1.81 bits per heavy atom. The van der Waals surface area contributed by atoms with Crippen molar-refractivity contribution in [2.24, 2.45) is 22.8 Å². The van der Waals surface area contributed by atoms with Gasteiger partial charge in [0.1, 0.15) is 0 Å². The van der Waals surface area contributed by atoms with Gasteiger partial charge in [-0.3, -0.25) is 25.5 Å².